The molecule has 0 bridgehead atoms. The standard InChI is InChI=1S/C13H24N4O5S2/c1-7(14)11(19)17-8(3-4-24-2)12(20)15-5-10(18)16-9(6-23)13(21)22/h7-9,23H,3-6,14H2,1-2H3,(H,15,20)(H,16,18)(H,17,19)(H,21,22). The summed E-state index contributed by atoms with van der Waals surface area (Å²) in [4.78, 5) is 46.2. The van der Waals surface area contributed by atoms with E-state index in [0.29, 0.717) is 12.2 Å². The van der Waals surface area contributed by atoms with Gasteiger partial charge in [-0.1, -0.05) is 0 Å². The van der Waals surface area contributed by atoms with Gasteiger partial charge in [0.15, 0.2) is 0 Å². The summed E-state index contributed by atoms with van der Waals surface area (Å²) in [5.41, 5.74) is 5.46. The zero-order chi connectivity index (χ0) is 18.7. The lowest BCUT2D eigenvalue weighted by Gasteiger charge is -2.19. The van der Waals surface area contributed by atoms with Crippen molar-refractivity contribution in [3.63, 3.8) is 0 Å². The first-order valence-electron chi connectivity index (χ1n) is 7.18. The van der Waals surface area contributed by atoms with Crippen molar-refractivity contribution >= 4 is 48.1 Å². The van der Waals surface area contributed by atoms with Crippen LogP contribution >= 0.6 is 24.4 Å². The van der Waals surface area contributed by atoms with Crippen LogP contribution in [-0.4, -0.2) is 71.2 Å². The van der Waals surface area contributed by atoms with Crippen LogP contribution in [0.3, 0.4) is 0 Å². The van der Waals surface area contributed by atoms with Gasteiger partial charge in [0, 0.05) is 5.75 Å². The van der Waals surface area contributed by atoms with Gasteiger partial charge in [-0.15, -0.1) is 0 Å². The Morgan fingerprint density at radius 2 is 1.79 bits per heavy atom. The highest BCUT2D eigenvalue weighted by Crippen LogP contribution is 2.01. The van der Waals surface area contributed by atoms with E-state index in [-0.39, 0.29) is 5.75 Å². The second kappa shape index (κ2) is 12.0. The van der Waals surface area contributed by atoms with Crippen molar-refractivity contribution < 1.29 is 24.3 Å². The first-order chi connectivity index (χ1) is 11.2. The molecular formula is C13H24N4O5S2. The van der Waals surface area contributed by atoms with Crippen LogP contribution in [0.25, 0.3) is 0 Å². The van der Waals surface area contributed by atoms with Gasteiger partial charge in [0.2, 0.25) is 17.7 Å². The molecule has 0 saturated carbocycles. The third-order valence-electron chi connectivity index (χ3n) is 2.90. The van der Waals surface area contributed by atoms with Crippen molar-refractivity contribution in [2.75, 3.05) is 24.3 Å². The molecule has 6 N–H and O–H groups in total. The number of aliphatic carboxylic acids is 1. The van der Waals surface area contributed by atoms with E-state index in [2.05, 4.69) is 28.6 Å². The van der Waals surface area contributed by atoms with Gasteiger partial charge in [-0.3, -0.25) is 14.4 Å². The Balaban J connectivity index is 4.56. The van der Waals surface area contributed by atoms with Gasteiger partial charge in [-0.25, -0.2) is 4.79 Å². The molecule has 0 aromatic rings. The molecule has 0 aromatic heterocycles. The van der Waals surface area contributed by atoms with E-state index in [1.165, 1.54) is 18.7 Å². The number of carboxylic acids is 1. The van der Waals surface area contributed by atoms with E-state index < -0.39 is 48.4 Å². The van der Waals surface area contributed by atoms with Crippen LogP contribution in [0.2, 0.25) is 0 Å². The second-order valence-corrected chi connectivity index (χ2v) is 6.34. The van der Waals surface area contributed by atoms with Crippen LogP contribution in [0.1, 0.15) is 13.3 Å². The van der Waals surface area contributed by atoms with Crippen LogP contribution < -0.4 is 21.7 Å². The van der Waals surface area contributed by atoms with Crippen LogP contribution in [0.5, 0.6) is 0 Å². The molecular weight excluding hydrogens is 356 g/mol. The largest absolute Gasteiger partial charge is 0.480 e. The SMILES string of the molecule is CSCCC(NC(=O)C(C)N)C(=O)NCC(=O)NC(CS)C(=O)O. The molecule has 0 saturated heterocycles. The van der Waals surface area contributed by atoms with E-state index in [9.17, 15) is 19.2 Å². The number of amides is 3. The topological polar surface area (TPSA) is 151 Å². The summed E-state index contributed by atoms with van der Waals surface area (Å²) in [6.45, 7) is 1.09. The highest BCUT2D eigenvalue weighted by Gasteiger charge is 2.23. The van der Waals surface area contributed by atoms with Crippen molar-refractivity contribution in [3.8, 4) is 0 Å². The van der Waals surface area contributed by atoms with Crippen molar-refractivity contribution in [2.24, 2.45) is 5.73 Å². The van der Waals surface area contributed by atoms with Crippen molar-refractivity contribution in [1.82, 2.24) is 16.0 Å². The number of carboxylic acid groups (broad SMARTS) is 1. The fraction of sp³-hybridized carbons (Fsp3) is 0.692. The summed E-state index contributed by atoms with van der Waals surface area (Å²) in [7, 11) is 0. The van der Waals surface area contributed by atoms with Gasteiger partial charge in [0.1, 0.15) is 12.1 Å². The van der Waals surface area contributed by atoms with Crippen LogP contribution in [0.15, 0.2) is 0 Å². The number of rotatable bonds is 11. The lowest BCUT2D eigenvalue weighted by Crippen LogP contribution is -2.53. The van der Waals surface area contributed by atoms with Gasteiger partial charge >= 0.3 is 5.97 Å². The third kappa shape index (κ3) is 8.99. The summed E-state index contributed by atoms with van der Waals surface area (Å²) < 4.78 is 0. The smallest absolute Gasteiger partial charge is 0.327 e. The summed E-state index contributed by atoms with van der Waals surface area (Å²) in [6, 6.07) is -2.71. The third-order valence-corrected chi connectivity index (χ3v) is 3.91. The molecule has 0 spiro atoms. The molecule has 0 heterocycles. The zero-order valence-corrected chi connectivity index (χ0v) is 15.3. The number of thiol groups is 1. The van der Waals surface area contributed by atoms with E-state index in [1.54, 1.807) is 0 Å². The van der Waals surface area contributed by atoms with Gasteiger partial charge in [-0.05, 0) is 25.4 Å². The van der Waals surface area contributed by atoms with Gasteiger partial charge < -0.3 is 26.8 Å². The molecule has 0 aliphatic rings. The average Bonchev–Trinajstić information content (AvgIpc) is 2.53. The van der Waals surface area contributed by atoms with Gasteiger partial charge in [0.05, 0.1) is 12.6 Å². The molecule has 11 heteroatoms. The quantitative estimate of drug-likeness (QED) is 0.231. The monoisotopic (exact) mass is 380 g/mol. The molecule has 0 aliphatic heterocycles. The summed E-state index contributed by atoms with van der Waals surface area (Å²) >= 11 is 5.33. The molecule has 3 atom stereocenters. The van der Waals surface area contributed by atoms with Crippen LogP contribution in [0, 0.1) is 0 Å². The maximum atomic E-state index is 12.1. The lowest BCUT2D eigenvalue weighted by molar-refractivity contribution is -0.141. The fourth-order valence-corrected chi connectivity index (χ4v) is 2.25. The summed E-state index contributed by atoms with van der Waals surface area (Å²) in [6.07, 6.45) is 2.24. The van der Waals surface area contributed by atoms with E-state index in [0.717, 1.165) is 0 Å². The minimum absolute atomic E-state index is 0.0736. The Hall–Kier alpha value is -1.46. The first-order valence-corrected chi connectivity index (χ1v) is 9.21. The molecule has 3 unspecified atom stereocenters. The van der Waals surface area contributed by atoms with Crippen molar-refractivity contribution in [1.29, 1.82) is 0 Å². The minimum Gasteiger partial charge on any atom is -0.480 e. The molecule has 0 fully saturated rings. The molecule has 0 radical (unpaired) electrons. The predicted molar refractivity (Wildman–Crippen MR) is 95.0 cm³/mol. The molecule has 24 heavy (non-hydrogen) atoms. The minimum atomic E-state index is -1.22. The Morgan fingerprint density at radius 3 is 2.25 bits per heavy atom. The fourth-order valence-electron chi connectivity index (χ4n) is 1.53. The number of carbonyl (C=O) groups excluding carboxylic acids is 3. The van der Waals surface area contributed by atoms with Crippen LogP contribution in [0.4, 0.5) is 0 Å². The molecule has 0 aliphatic carbocycles. The maximum absolute atomic E-state index is 12.1. The maximum Gasteiger partial charge on any atom is 0.327 e. The molecule has 0 rings (SSSR count). The number of carbonyl (C=O) groups is 4. The van der Waals surface area contributed by atoms with Gasteiger partial charge in [-0.2, -0.15) is 24.4 Å². The highest BCUT2D eigenvalue weighted by atomic mass is 32.2. The first kappa shape index (κ1) is 22.5. The second-order valence-electron chi connectivity index (χ2n) is 4.99. The number of hydrogen-bond donors (Lipinski definition) is 6. The summed E-state index contributed by atoms with van der Waals surface area (Å²) in [5, 5.41) is 15.9. The number of nitrogens with one attached hydrogen (secondary N) is 3. The zero-order valence-electron chi connectivity index (χ0n) is 13.6. The highest BCUT2D eigenvalue weighted by molar-refractivity contribution is 7.98. The predicted octanol–water partition coefficient (Wildman–Crippen LogP) is -1.81. The summed E-state index contributed by atoms with van der Waals surface area (Å²) in [5.74, 6) is -2.33. The lowest BCUT2D eigenvalue weighted by atomic mass is 10.2. The van der Waals surface area contributed by atoms with E-state index in [1.807, 2.05) is 6.26 Å². The number of nitrogens with two attached hydrogens (primary N) is 1. The normalized spacial score (nSPS) is 14.2. The molecule has 9 nitrogen and oxygen atoms in total. The number of hydrogen-bond acceptors (Lipinski definition) is 7. The van der Waals surface area contributed by atoms with Crippen LogP contribution in [-0.2, 0) is 19.2 Å². The Labute approximate surface area is 150 Å². The molecule has 0 aromatic carbocycles. The Kier molecular flexibility index (Phi) is 11.3. The van der Waals surface area contributed by atoms with E-state index >= 15 is 0 Å². The van der Waals surface area contributed by atoms with E-state index in [4.69, 9.17) is 10.8 Å². The molecule has 3 amide bonds. The number of thioether (sulfide) groups is 1. The van der Waals surface area contributed by atoms with Gasteiger partial charge in [0.25, 0.3) is 0 Å². The van der Waals surface area contributed by atoms with Crippen molar-refractivity contribution in [3.05, 3.63) is 0 Å². The Bertz CT molecular complexity index is 462. The Morgan fingerprint density at radius 1 is 1.17 bits per heavy atom. The average molecular weight is 380 g/mol. The van der Waals surface area contributed by atoms with Crippen molar-refractivity contribution in [2.45, 2.75) is 31.5 Å². The molecule has 138 valence electrons.